The first-order valence-electron chi connectivity index (χ1n) is 12.4. The summed E-state index contributed by atoms with van der Waals surface area (Å²) in [6, 6.07) is 6.76. The first-order chi connectivity index (χ1) is 16.8. The monoisotopic (exact) mass is 489 g/mol. The van der Waals surface area contributed by atoms with Crippen molar-refractivity contribution in [2.24, 2.45) is 0 Å². The third-order valence-electron chi connectivity index (χ3n) is 6.82. The fraction of sp³-hybridized carbons (Fsp3) is 0.462. The zero-order chi connectivity index (χ0) is 24.2. The molecule has 2 saturated carbocycles. The topological polar surface area (TPSA) is 104 Å². The second kappa shape index (κ2) is 8.27. The molecular formula is C26H31N7OS. The second-order valence-electron chi connectivity index (χ2n) is 10.9. The number of benzene rings is 1. The average Bonchev–Trinajstić information content (AvgIpc) is 3.73. The number of hydrogen-bond acceptors (Lipinski definition) is 8. The van der Waals surface area contributed by atoms with Gasteiger partial charge in [-0.25, -0.2) is 9.97 Å². The molecule has 1 amide bonds. The summed E-state index contributed by atoms with van der Waals surface area (Å²) in [6.07, 6.45) is 7.07. The lowest BCUT2D eigenvalue weighted by atomic mass is 9.92. The highest BCUT2D eigenvalue weighted by Gasteiger charge is 2.46. The predicted molar refractivity (Wildman–Crippen MR) is 139 cm³/mol. The van der Waals surface area contributed by atoms with Crippen molar-refractivity contribution in [3.63, 3.8) is 0 Å². The van der Waals surface area contributed by atoms with Gasteiger partial charge in [0.1, 0.15) is 22.2 Å². The van der Waals surface area contributed by atoms with Crippen molar-refractivity contribution < 1.29 is 4.79 Å². The van der Waals surface area contributed by atoms with Crippen molar-refractivity contribution in [1.82, 2.24) is 25.6 Å². The number of aromatic nitrogens is 3. The summed E-state index contributed by atoms with van der Waals surface area (Å²) in [6.45, 7) is 7.42. The molecule has 1 aliphatic heterocycles. The van der Waals surface area contributed by atoms with E-state index in [1.807, 2.05) is 5.38 Å². The van der Waals surface area contributed by atoms with Crippen LogP contribution in [0.2, 0.25) is 0 Å². The molecule has 1 spiro atoms. The Morgan fingerprint density at radius 2 is 2.00 bits per heavy atom. The molecule has 35 heavy (non-hydrogen) atoms. The summed E-state index contributed by atoms with van der Waals surface area (Å²) < 4.78 is 0. The zero-order valence-electron chi connectivity index (χ0n) is 20.4. The first kappa shape index (κ1) is 22.4. The van der Waals surface area contributed by atoms with Crippen LogP contribution in [-0.4, -0.2) is 33.4 Å². The van der Waals surface area contributed by atoms with Crippen LogP contribution in [0.5, 0.6) is 0 Å². The fourth-order valence-corrected chi connectivity index (χ4v) is 5.41. The molecule has 9 heteroatoms. The summed E-state index contributed by atoms with van der Waals surface area (Å²) in [5, 5.41) is 16.3. The molecule has 0 saturated heterocycles. The Labute approximate surface area is 209 Å². The van der Waals surface area contributed by atoms with Crippen LogP contribution in [-0.2, 0) is 17.4 Å². The van der Waals surface area contributed by atoms with E-state index >= 15 is 0 Å². The summed E-state index contributed by atoms with van der Waals surface area (Å²) in [5.41, 5.74) is 4.32. The number of nitrogens with zero attached hydrogens (tertiary/aromatic N) is 3. The molecule has 0 atom stereocenters. The van der Waals surface area contributed by atoms with Gasteiger partial charge in [-0.2, -0.15) is 4.98 Å². The standard InChI is InChI=1S/C26H31N7OS/c1-25(2,3)23-32-20(14-35-23)31-21-18(22(34)29-16-4-5-16)13-27-24(33-21)30-17-6-7-19-15(12-17)8-11-28-26(19)9-10-26/h6-7,12-14,16,28H,4-5,8-11H2,1-3H3,(H,29,34)(H2,27,30,31,33). The molecule has 2 aliphatic carbocycles. The van der Waals surface area contributed by atoms with E-state index in [0.29, 0.717) is 23.1 Å². The maximum atomic E-state index is 12.9. The lowest BCUT2D eigenvalue weighted by Gasteiger charge is -2.27. The molecule has 0 bridgehead atoms. The van der Waals surface area contributed by atoms with Crippen molar-refractivity contribution in [2.75, 3.05) is 17.2 Å². The van der Waals surface area contributed by atoms with Crippen molar-refractivity contribution in [1.29, 1.82) is 0 Å². The quantitative estimate of drug-likeness (QED) is 0.396. The maximum absolute atomic E-state index is 12.9. The third-order valence-corrected chi connectivity index (χ3v) is 8.09. The molecule has 1 aromatic carbocycles. The minimum atomic E-state index is -0.163. The molecule has 4 N–H and O–H groups in total. The van der Waals surface area contributed by atoms with Gasteiger partial charge in [-0.05, 0) is 55.4 Å². The lowest BCUT2D eigenvalue weighted by Crippen LogP contribution is -2.36. The van der Waals surface area contributed by atoms with Crippen LogP contribution >= 0.6 is 11.3 Å². The van der Waals surface area contributed by atoms with Gasteiger partial charge in [0.05, 0.1) is 0 Å². The summed E-state index contributed by atoms with van der Waals surface area (Å²) >= 11 is 1.60. The zero-order valence-corrected chi connectivity index (χ0v) is 21.2. The van der Waals surface area contributed by atoms with Crippen molar-refractivity contribution in [3.05, 3.63) is 51.5 Å². The minimum Gasteiger partial charge on any atom is -0.349 e. The number of carbonyl (C=O) groups is 1. The van der Waals surface area contributed by atoms with Crippen LogP contribution in [0.1, 0.15) is 72.9 Å². The van der Waals surface area contributed by atoms with Crippen LogP contribution in [0.15, 0.2) is 29.8 Å². The molecule has 2 aromatic heterocycles. The molecule has 0 unspecified atom stereocenters. The van der Waals surface area contributed by atoms with Crippen LogP contribution < -0.4 is 21.3 Å². The van der Waals surface area contributed by atoms with Gasteiger partial charge in [0.2, 0.25) is 5.95 Å². The number of rotatable bonds is 6. The predicted octanol–water partition coefficient (Wildman–Crippen LogP) is 4.74. The van der Waals surface area contributed by atoms with E-state index in [0.717, 1.165) is 36.5 Å². The van der Waals surface area contributed by atoms with Crippen molar-refractivity contribution >= 4 is 40.5 Å². The smallest absolute Gasteiger partial charge is 0.256 e. The Kier molecular flexibility index (Phi) is 5.30. The number of amides is 1. The maximum Gasteiger partial charge on any atom is 0.256 e. The highest BCUT2D eigenvalue weighted by molar-refractivity contribution is 7.10. The Morgan fingerprint density at radius 3 is 2.71 bits per heavy atom. The van der Waals surface area contributed by atoms with Crippen LogP contribution in [0.3, 0.4) is 0 Å². The Morgan fingerprint density at radius 1 is 1.17 bits per heavy atom. The van der Waals surface area contributed by atoms with Crippen LogP contribution in [0.4, 0.5) is 23.3 Å². The largest absolute Gasteiger partial charge is 0.349 e. The molecule has 0 radical (unpaired) electrons. The van der Waals surface area contributed by atoms with Crippen LogP contribution in [0, 0.1) is 0 Å². The van der Waals surface area contributed by atoms with Gasteiger partial charge in [0.25, 0.3) is 5.91 Å². The average molecular weight is 490 g/mol. The summed E-state index contributed by atoms with van der Waals surface area (Å²) in [5.74, 6) is 1.41. The Bertz CT molecular complexity index is 1290. The van der Waals surface area contributed by atoms with Gasteiger partial charge in [0.15, 0.2) is 0 Å². The van der Waals surface area contributed by atoms with E-state index in [1.54, 1.807) is 17.5 Å². The fourth-order valence-electron chi connectivity index (χ4n) is 4.57. The SMILES string of the molecule is CC(C)(C)c1nc(Nc2nc(Nc3ccc4c(c3)CCNC43CC3)ncc2C(=O)NC2CC2)cs1. The van der Waals surface area contributed by atoms with Gasteiger partial charge in [0, 0.05) is 40.8 Å². The molecular weight excluding hydrogens is 458 g/mol. The normalized spacial score (nSPS) is 18.1. The highest BCUT2D eigenvalue weighted by Crippen LogP contribution is 2.49. The molecule has 2 fully saturated rings. The lowest BCUT2D eigenvalue weighted by molar-refractivity contribution is 0.0951. The molecule has 3 aliphatic rings. The molecule has 3 aromatic rings. The van der Waals surface area contributed by atoms with Gasteiger partial charge >= 0.3 is 0 Å². The number of thiazole rings is 1. The van der Waals surface area contributed by atoms with Crippen molar-refractivity contribution in [3.8, 4) is 0 Å². The third kappa shape index (κ3) is 4.62. The van der Waals surface area contributed by atoms with E-state index in [9.17, 15) is 4.79 Å². The summed E-state index contributed by atoms with van der Waals surface area (Å²) in [4.78, 5) is 26.8. The minimum absolute atomic E-state index is 0.0455. The van der Waals surface area contributed by atoms with Gasteiger partial charge in [-0.1, -0.05) is 26.8 Å². The Balaban J connectivity index is 1.28. The van der Waals surface area contributed by atoms with E-state index in [2.05, 4.69) is 65.2 Å². The van der Waals surface area contributed by atoms with E-state index < -0.39 is 0 Å². The van der Waals surface area contributed by atoms with E-state index in [4.69, 9.17) is 9.97 Å². The first-order valence-corrected chi connectivity index (χ1v) is 13.2. The van der Waals surface area contributed by atoms with Gasteiger partial charge in [-0.15, -0.1) is 11.3 Å². The molecule has 182 valence electrons. The van der Waals surface area contributed by atoms with Crippen LogP contribution in [0.25, 0.3) is 0 Å². The second-order valence-corrected chi connectivity index (χ2v) is 11.7. The number of hydrogen-bond donors (Lipinski definition) is 4. The highest BCUT2D eigenvalue weighted by atomic mass is 32.1. The van der Waals surface area contributed by atoms with Gasteiger partial charge < -0.3 is 21.3 Å². The number of nitrogens with one attached hydrogen (secondary N) is 4. The van der Waals surface area contributed by atoms with E-state index in [1.165, 1.54) is 24.0 Å². The Hall–Kier alpha value is -3.04. The summed E-state index contributed by atoms with van der Waals surface area (Å²) in [7, 11) is 0. The molecule has 8 nitrogen and oxygen atoms in total. The molecule has 3 heterocycles. The van der Waals surface area contributed by atoms with Gasteiger partial charge in [-0.3, -0.25) is 4.79 Å². The molecule has 6 rings (SSSR count). The number of fused-ring (bicyclic) bond motifs is 2. The number of carbonyl (C=O) groups excluding carboxylic acids is 1. The number of anilines is 4. The van der Waals surface area contributed by atoms with E-state index in [-0.39, 0.29) is 22.9 Å². The van der Waals surface area contributed by atoms with Crippen molar-refractivity contribution in [2.45, 2.75) is 69.9 Å².